The molecule has 2 rings (SSSR count). The van der Waals surface area contributed by atoms with E-state index in [2.05, 4.69) is 34.7 Å². The van der Waals surface area contributed by atoms with Crippen LogP contribution in [0.25, 0.3) is 0 Å². The molecule has 0 saturated heterocycles. The zero-order valence-electron chi connectivity index (χ0n) is 10.4. The topological polar surface area (TPSA) is 66.9 Å². The molecule has 1 saturated carbocycles. The summed E-state index contributed by atoms with van der Waals surface area (Å²) < 4.78 is 0. The van der Waals surface area contributed by atoms with Gasteiger partial charge in [0, 0.05) is 12.0 Å². The van der Waals surface area contributed by atoms with Gasteiger partial charge in [-0.05, 0) is 25.7 Å². The van der Waals surface area contributed by atoms with Crippen molar-refractivity contribution >= 4 is 22.5 Å². The van der Waals surface area contributed by atoms with E-state index in [-0.39, 0.29) is 12.1 Å². The summed E-state index contributed by atoms with van der Waals surface area (Å²) in [5, 5.41) is 15.3. The molecule has 6 heteroatoms. The van der Waals surface area contributed by atoms with Crippen LogP contribution in [0.4, 0.5) is 9.93 Å². The van der Waals surface area contributed by atoms with Crippen LogP contribution >= 0.6 is 11.3 Å². The Labute approximate surface area is 105 Å². The van der Waals surface area contributed by atoms with E-state index in [4.69, 9.17) is 0 Å². The Hall–Kier alpha value is -1.17. The maximum absolute atomic E-state index is 11.6. The third-order valence-electron chi connectivity index (χ3n) is 2.95. The average Bonchev–Trinajstić information content (AvgIpc) is 3.00. The van der Waals surface area contributed by atoms with Crippen molar-refractivity contribution < 1.29 is 4.79 Å². The molecule has 0 aromatic carbocycles. The highest BCUT2D eigenvalue weighted by Crippen LogP contribution is 2.41. The molecule has 1 fully saturated rings. The van der Waals surface area contributed by atoms with Gasteiger partial charge in [-0.15, -0.1) is 10.2 Å². The first-order chi connectivity index (χ1) is 8.06. The van der Waals surface area contributed by atoms with E-state index in [9.17, 15) is 4.79 Å². The molecule has 1 atom stereocenters. The zero-order chi connectivity index (χ0) is 12.4. The van der Waals surface area contributed by atoms with Gasteiger partial charge in [-0.25, -0.2) is 4.79 Å². The minimum atomic E-state index is -0.204. The Bertz CT molecular complexity index is 400. The molecule has 0 aliphatic heterocycles. The Morgan fingerprint density at radius 3 is 2.65 bits per heavy atom. The lowest BCUT2D eigenvalue weighted by molar-refractivity contribution is 0.246. The number of hydrogen-bond donors (Lipinski definition) is 2. The maximum Gasteiger partial charge on any atom is 0.321 e. The van der Waals surface area contributed by atoms with Crippen LogP contribution in [-0.4, -0.2) is 22.3 Å². The number of carbonyl (C=O) groups is 1. The molecule has 2 N–H and O–H groups in total. The van der Waals surface area contributed by atoms with Crippen LogP contribution in [0.15, 0.2) is 0 Å². The van der Waals surface area contributed by atoms with Crippen molar-refractivity contribution in [3.8, 4) is 0 Å². The summed E-state index contributed by atoms with van der Waals surface area (Å²) in [4.78, 5) is 11.6. The fourth-order valence-electron chi connectivity index (χ4n) is 1.29. The normalized spacial score (nSPS) is 16.9. The summed E-state index contributed by atoms with van der Waals surface area (Å²) in [5.74, 6) is 0.998. The minimum absolute atomic E-state index is 0.144. The molecule has 0 spiro atoms. The Kier molecular flexibility index (Phi) is 3.61. The van der Waals surface area contributed by atoms with E-state index in [1.165, 1.54) is 24.2 Å². The summed E-state index contributed by atoms with van der Waals surface area (Å²) in [5.41, 5.74) is 0. The van der Waals surface area contributed by atoms with Gasteiger partial charge in [0.2, 0.25) is 5.13 Å². The van der Waals surface area contributed by atoms with Gasteiger partial charge >= 0.3 is 6.03 Å². The van der Waals surface area contributed by atoms with Crippen LogP contribution in [0.2, 0.25) is 0 Å². The number of hydrogen-bond acceptors (Lipinski definition) is 4. The van der Waals surface area contributed by atoms with E-state index in [0.29, 0.717) is 17.0 Å². The molecule has 17 heavy (non-hydrogen) atoms. The van der Waals surface area contributed by atoms with Crippen molar-refractivity contribution in [1.82, 2.24) is 15.5 Å². The first kappa shape index (κ1) is 12.3. The number of aromatic nitrogens is 2. The lowest BCUT2D eigenvalue weighted by Crippen LogP contribution is -2.38. The fourth-order valence-corrected chi connectivity index (χ4v) is 2.19. The molecule has 94 valence electrons. The zero-order valence-corrected chi connectivity index (χ0v) is 11.2. The van der Waals surface area contributed by atoms with Crippen LogP contribution in [0.5, 0.6) is 0 Å². The Morgan fingerprint density at radius 2 is 2.06 bits per heavy atom. The monoisotopic (exact) mass is 254 g/mol. The lowest BCUT2D eigenvalue weighted by atomic mass is 10.1. The summed E-state index contributed by atoms with van der Waals surface area (Å²) in [6.45, 7) is 6.13. The van der Waals surface area contributed by atoms with Gasteiger partial charge < -0.3 is 5.32 Å². The largest absolute Gasteiger partial charge is 0.335 e. The predicted octanol–water partition coefficient (Wildman–Crippen LogP) is 2.58. The highest BCUT2D eigenvalue weighted by atomic mass is 32.1. The third kappa shape index (κ3) is 3.39. The van der Waals surface area contributed by atoms with E-state index in [0.717, 1.165) is 5.01 Å². The van der Waals surface area contributed by atoms with Crippen molar-refractivity contribution in [3.63, 3.8) is 0 Å². The van der Waals surface area contributed by atoms with Gasteiger partial charge in [0.15, 0.2) is 0 Å². The third-order valence-corrected chi connectivity index (χ3v) is 3.95. The van der Waals surface area contributed by atoms with Gasteiger partial charge in [-0.3, -0.25) is 5.32 Å². The average molecular weight is 254 g/mol. The number of carbonyl (C=O) groups excluding carboxylic acids is 1. The molecular formula is C11H18N4OS. The highest BCUT2D eigenvalue weighted by Gasteiger charge is 2.27. The van der Waals surface area contributed by atoms with Gasteiger partial charge in [-0.1, -0.05) is 25.2 Å². The summed E-state index contributed by atoms with van der Waals surface area (Å²) >= 11 is 1.47. The van der Waals surface area contributed by atoms with Crippen LogP contribution in [0, 0.1) is 5.92 Å². The molecule has 5 nitrogen and oxygen atoms in total. The van der Waals surface area contributed by atoms with Gasteiger partial charge in [-0.2, -0.15) is 0 Å². The summed E-state index contributed by atoms with van der Waals surface area (Å²) in [7, 11) is 0. The van der Waals surface area contributed by atoms with Gasteiger partial charge in [0.25, 0.3) is 0 Å². The maximum atomic E-state index is 11.6. The smallest absolute Gasteiger partial charge is 0.321 e. The highest BCUT2D eigenvalue weighted by molar-refractivity contribution is 7.15. The number of rotatable bonds is 4. The Balaban J connectivity index is 1.84. The molecule has 1 aromatic rings. The summed E-state index contributed by atoms with van der Waals surface area (Å²) in [6.07, 6.45) is 2.40. The molecule has 1 heterocycles. The first-order valence-electron chi connectivity index (χ1n) is 5.97. The van der Waals surface area contributed by atoms with Gasteiger partial charge in [0.05, 0.1) is 0 Å². The quantitative estimate of drug-likeness (QED) is 0.867. The van der Waals surface area contributed by atoms with Gasteiger partial charge in [0.1, 0.15) is 5.01 Å². The first-order valence-corrected chi connectivity index (χ1v) is 6.79. The van der Waals surface area contributed by atoms with Crippen LogP contribution in [-0.2, 0) is 0 Å². The van der Waals surface area contributed by atoms with Crippen molar-refractivity contribution in [3.05, 3.63) is 5.01 Å². The van der Waals surface area contributed by atoms with E-state index < -0.39 is 0 Å². The SMILES string of the molecule is CC(C)C(C)NC(=O)Nc1nnc(C2CC2)s1. The molecular weight excluding hydrogens is 236 g/mol. The molecule has 1 aromatic heterocycles. The molecule has 0 bridgehead atoms. The summed E-state index contributed by atoms with van der Waals surface area (Å²) in [6, 6.07) is -0.0597. The van der Waals surface area contributed by atoms with E-state index in [1.807, 2.05) is 6.92 Å². The predicted molar refractivity (Wildman–Crippen MR) is 68.3 cm³/mol. The molecule has 2 amide bonds. The number of anilines is 1. The van der Waals surface area contributed by atoms with Crippen molar-refractivity contribution in [2.75, 3.05) is 5.32 Å². The number of nitrogens with one attached hydrogen (secondary N) is 2. The van der Waals surface area contributed by atoms with Crippen molar-refractivity contribution in [1.29, 1.82) is 0 Å². The van der Waals surface area contributed by atoms with E-state index in [1.54, 1.807) is 0 Å². The second-order valence-corrected chi connectivity index (χ2v) is 5.86. The number of amides is 2. The van der Waals surface area contributed by atoms with Crippen molar-refractivity contribution in [2.45, 2.75) is 45.6 Å². The van der Waals surface area contributed by atoms with Crippen LogP contribution in [0.3, 0.4) is 0 Å². The number of nitrogens with zero attached hydrogens (tertiary/aromatic N) is 2. The van der Waals surface area contributed by atoms with Crippen LogP contribution in [0.1, 0.15) is 44.5 Å². The Morgan fingerprint density at radius 1 is 1.35 bits per heavy atom. The molecule has 1 unspecified atom stereocenters. The molecule has 0 radical (unpaired) electrons. The second kappa shape index (κ2) is 5.00. The minimum Gasteiger partial charge on any atom is -0.335 e. The van der Waals surface area contributed by atoms with Crippen molar-refractivity contribution in [2.24, 2.45) is 5.92 Å². The fraction of sp³-hybridized carbons (Fsp3) is 0.727. The van der Waals surface area contributed by atoms with Crippen LogP contribution < -0.4 is 10.6 Å². The standard InChI is InChI=1S/C11H18N4OS/c1-6(2)7(3)12-10(16)13-11-15-14-9(17-11)8-4-5-8/h6-8H,4-5H2,1-3H3,(H2,12,13,15,16). The lowest BCUT2D eigenvalue weighted by Gasteiger charge is -2.16. The number of urea groups is 1. The second-order valence-electron chi connectivity index (χ2n) is 4.85. The molecule has 1 aliphatic rings. The van der Waals surface area contributed by atoms with E-state index >= 15 is 0 Å². The molecule has 1 aliphatic carbocycles.